The fourth-order valence-electron chi connectivity index (χ4n) is 3.28. The van der Waals surface area contributed by atoms with Crippen molar-refractivity contribution in [2.24, 2.45) is 0 Å². The van der Waals surface area contributed by atoms with Crippen LogP contribution in [0.15, 0.2) is 21.7 Å². The maximum absolute atomic E-state index is 12.3. The third kappa shape index (κ3) is 2.73. The molecule has 4 atom stereocenters. The van der Waals surface area contributed by atoms with Crippen molar-refractivity contribution < 1.29 is 20.1 Å². The number of benzene rings is 1. The summed E-state index contributed by atoms with van der Waals surface area (Å²) in [5.74, 6) is -0.0767. The number of rotatable bonds is 1. The number of aromatic amines is 1. The van der Waals surface area contributed by atoms with Crippen LogP contribution in [0.4, 0.5) is 0 Å². The van der Waals surface area contributed by atoms with Crippen molar-refractivity contribution in [3.63, 3.8) is 0 Å². The molecule has 10 nitrogen and oxygen atoms in total. The van der Waals surface area contributed by atoms with Gasteiger partial charge >= 0.3 is 5.69 Å². The molecule has 4 rings (SSSR count). The van der Waals surface area contributed by atoms with E-state index in [1.807, 2.05) is 13.8 Å². The second-order valence-corrected chi connectivity index (χ2v) is 6.72. The van der Waals surface area contributed by atoms with E-state index < -0.39 is 35.8 Å². The van der Waals surface area contributed by atoms with Crippen LogP contribution in [0.2, 0.25) is 0 Å². The second kappa shape index (κ2) is 6.20. The minimum Gasteiger partial charge on any atom is -0.388 e. The van der Waals surface area contributed by atoms with Gasteiger partial charge in [0.1, 0.15) is 18.3 Å². The number of aliphatic hydroxyl groups is 3. The summed E-state index contributed by atoms with van der Waals surface area (Å²) in [4.78, 5) is 34.3. The predicted octanol–water partition coefficient (Wildman–Crippen LogP) is -1.19. The fourth-order valence-corrected chi connectivity index (χ4v) is 3.28. The highest BCUT2D eigenvalue weighted by Crippen LogP contribution is 2.32. The van der Waals surface area contributed by atoms with Crippen LogP contribution in [-0.4, -0.2) is 59.8 Å². The smallest absolute Gasteiger partial charge is 0.349 e. The average Bonchev–Trinajstić information content (AvgIpc) is 2.61. The first-order chi connectivity index (χ1) is 12.8. The SMILES string of the molecule is Cc1cc2nc3c(=O)[nH]c(=O)nc-3n([C@@H]3OC[C@@H](O)[C@@H](O)[C@H]3O)c2cc1C. The molecule has 1 aromatic carbocycles. The minimum absolute atomic E-state index is 0.0767. The standard InChI is InChI=1S/C17H18N4O6/c1-6-3-8-9(4-7(6)2)21(16-13(24)12(23)10(22)5-27-16)14-11(18-8)15(25)20-17(26)19-14/h3-4,10,12-13,16,22-24H,5H2,1-2H3,(H,20,25,26)/t10-,12-,13-,16-/m1/s1. The molecule has 0 unspecified atom stereocenters. The van der Waals surface area contributed by atoms with Crippen molar-refractivity contribution in [2.75, 3.05) is 6.61 Å². The molecule has 3 aliphatic heterocycles. The van der Waals surface area contributed by atoms with Crippen LogP contribution in [0.5, 0.6) is 0 Å². The van der Waals surface area contributed by atoms with Crippen molar-refractivity contribution in [3.05, 3.63) is 44.1 Å². The van der Waals surface area contributed by atoms with E-state index in [1.54, 1.807) is 12.1 Å². The van der Waals surface area contributed by atoms with E-state index in [9.17, 15) is 24.9 Å². The van der Waals surface area contributed by atoms with Crippen LogP contribution < -0.4 is 11.2 Å². The fraction of sp³-hybridized carbons (Fsp3) is 0.412. The van der Waals surface area contributed by atoms with Gasteiger partial charge in [0.25, 0.3) is 5.56 Å². The first-order valence-corrected chi connectivity index (χ1v) is 8.37. The van der Waals surface area contributed by atoms with E-state index in [-0.39, 0.29) is 18.1 Å². The lowest BCUT2D eigenvalue weighted by molar-refractivity contribution is -0.209. The lowest BCUT2D eigenvalue weighted by atomic mass is 10.0. The van der Waals surface area contributed by atoms with Crippen LogP contribution in [0, 0.1) is 13.8 Å². The summed E-state index contributed by atoms with van der Waals surface area (Å²) in [6.07, 6.45) is -5.40. The molecule has 0 bridgehead atoms. The van der Waals surface area contributed by atoms with Crippen molar-refractivity contribution >= 4 is 11.0 Å². The number of aliphatic hydroxyl groups excluding tert-OH is 3. The Balaban J connectivity index is 2.11. The van der Waals surface area contributed by atoms with E-state index in [4.69, 9.17) is 4.74 Å². The molecule has 0 saturated carbocycles. The summed E-state index contributed by atoms with van der Waals surface area (Å²) in [6, 6.07) is 3.55. The molecule has 4 N–H and O–H groups in total. The topological polar surface area (TPSA) is 151 Å². The summed E-state index contributed by atoms with van der Waals surface area (Å²) in [7, 11) is 0. The predicted molar refractivity (Wildman–Crippen MR) is 93.5 cm³/mol. The molecular formula is C17H18N4O6. The van der Waals surface area contributed by atoms with E-state index >= 15 is 0 Å². The number of ether oxygens (including phenoxy) is 1. The number of aryl methyl sites for hydroxylation is 2. The molecule has 0 amide bonds. The number of fused-ring (bicyclic) bond motifs is 2. The van der Waals surface area contributed by atoms with Gasteiger partial charge in [0.15, 0.2) is 17.7 Å². The second-order valence-electron chi connectivity index (χ2n) is 6.72. The molecule has 10 heteroatoms. The molecule has 0 aliphatic carbocycles. The summed E-state index contributed by atoms with van der Waals surface area (Å²) < 4.78 is 6.92. The van der Waals surface area contributed by atoms with Crippen LogP contribution in [-0.2, 0) is 4.74 Å². The number of nitrogens with zero attached hydrogens (tertiary/aromatic N) is 3. The largest absolute Gasteiger partial charge is 0.388 e. The van der Waals surface area contributed by atoms with Gasteiger partial charge in [-0.15, -0.1) is 0 Å². The van der Waals surface area contributed by atoms with Gasteiger partial charge in [-0.25, -0.2) is 9.78 Å². The maximum atomic E-state index is 12.3. The summed E-state index contributed by atoms with van der Waals surface area (Å²) in [5, 5.41) is 30.3. The van der Waals surface area contributed by atoms with Gasteiger partial charge in [-0.3, -0.25) is 14.3 Å². The Hall–Kier alpha value is -2.66. The highest BCUT2D eigenvalue weighted by molar-refractivity contribution is 5.81. The van der Waals surface area contributed by atoms with E-state index in [0.29, 0.717) is 11.0 Å². The normalized spacial score (nSPS) is 26.0. The zero-order valence-corrected chi connectivity index (χ0v) is 14.6. The van der Waals surface area contributed by atoms with E-state index in [2.05, 4.69) is 15.0 Å². The van der Waals surface area contributed by atoms with Crippen molar-refractivity contribution in [3.8, 4) is 11.5 Å². The Bertz CT molecular complexity index is 1120. The molecule has 142 valence electrons. The van der Waals surface area contributed by atoms with Gasteiger partial charge in [-0.1, -0.05) is 0 Å². The monoisotopic (exact) mass is 374 g/mol. The molecule has 0 radical (unpaired) electrons. The van der Waals surface area contributed by atoms with Gasteiger partial charge in [-0.05, 0) is 37.1 Å². The Morgan fingerprint density at radius 1 is 1.11 bits per heavy atom. The maximum Gasteiger partial charge on any atom is 0.349 e. The molecule has 0 spiro atoms. The average molecular weight is 374 g/mol. The van der Waals surface area contributed by atoms with Crippen molar-refractivity contribution in [2.45, 2.75) is 38.4 Å². The molecule has 1 fully saturated rings. The van der Waals surface area contributed by atoms with E-state index in [0.717, 1.165) is 11.1 Å². The molecule has 27 heavy (non-hydrogen) atoms. The molecule has 3 aliphatic rings. The quantitative estimate of drug-likeness (QED) is 0.388. The lowest BCUT2D eigenvalue weighted by Crippen LogP contribution is -2.51. The Morgan fingerprint density at radius 2 is 1.81 bits per heavy atom. The lowest BCUT2D eigenvalue weighted by Gasteiger charge is -2.37. The third-order valence-electron chi connectivity index (χ3n) is 4.89. The number of nitrogens with one attached hydrogen (secondary N) is 1. The number of hydrogen-bond acceptors (Lipinski definition) is 8. The van der Waals surface area contributed by atoms with Crippen LogP contribution in [0.1, 0.15) is 17.4 Å². The van der Waals surface area contributed by atoms with Crippen LogP contribution in [0.25, 0.3) is 22.6 Å². The van der Waals surface area contributed by atoms with E-state index in [1.165, 1.54) is 4.57 Å². The number of hydrogen-bond donors (Lipinski definition) is 4. The number of H-pyrrole nitrogens is 1. The number of aromatic nitrogens is 4. The van der Waals surface area contributed by atoms with Crippen LogP contribution in [0.3, 0.4) is 0 Å². The van der Waals surface area contributed by atoms with Crippen molar-refractivity contribution in [1.82, 2.24) is 19.5 Å². The van der Waals surface area contributed by atoms with Gasteiger partial charge < -0.3 is 20.1 Å². The zero-order chi connectivity index (χ0) is 19.5. The highest BCUT2D eigenvalue weighted by Gasteiger charge is 2.40. The Morgan fingerprint density at radius 3 is 2.56 bits per heavy atom. The van der Waals surface area contributed by atoms with Gasteiger partial charge in [-0.2, -0.15) is 4.98 Å². The molecule has 0 aromatic heterocycles. The zero-order valence-electron chi connectivity index (χ0n) is 14.6. The minimum atomic E-state index is -1.51. The molecule has 3 heterocycles. The third-order valence-corrected chi connectivity index (χ3v) is 4.89. The molecule has 1 saturated heterocycles. The van der Waals surface area contributed by atoms with Gasteiger partial charge in [0, 0.05) is 0 Å². The first-order valence-electron chi connectivity index (χ1n) is 8.37. The highest BCUT2D eigenvalue weighted by atomic mass is 16.5. The summed E-state index contributed by atoms with van der Waals surface area (Å²) >= 11 is 0. The summed E-state index contributed by atoms with van der Waals surface area (Å²) in [5.41, 5.74) is 1.08. The first kappa shape index (κ1) is 17.7. The Labute approximate surface area is 152 Å². The molecular weight excluding hydrogens is 356 g/mol. The van der Waals surface area contributed by atoms with Gasteiger partial charge in [0.05, 0.1) is 17.6 Å². The Kier molecular flexibility index (Phi) is 4.07. The van der Waals surface area contributed by atoms with Crippen molar-refractivity contribution in [1.29, 1.82) is 0 Å². The van der Waals surface area contributed by atoms with Gasteiger partial charge in [0.2, 0.25) is 0 Å². The summed E-state index contributed by atoms with van der Waals surface area (Å²) in [6.45, 7) is 3.53. The molecule has 1 aromatic rings. The van der Waals surface area contributed by atoms with Crippen LogP contribution >= 0.6 is 0 Å².